The van der Waals surface area contributed by atoms with Gasteiger partial charge in [-0.15, -0.1) is 0 Å². The average molecular weight is 95.1 g/mol. The zero-order chi connectivity index (χ0) is 4.69. The van der Waals surface area contributed by atoms with Crippen LogP contribution in [-0.4, -0.2) is 12.8 Å². The van der Waals surface area contributed by atoms with E-state index < -0.39 is 0 Å². The van der Waals surface area contributed by atoms with Crippen LogP contribution in [-0.2, 0) is 0 Å². The van der Waals surface area contributed by atoms with Gasteiger partial charge in [-0.2, -0.15) is 0 Å². The summed E-state index contributed by atoms with van der Waals surface area (Å²) in [5.74, 6) is 1.87. The fourth-order valence-electron chi connectivity index (χ4n) is 1.35. The zero-order valence-corrected chi connectivity index (χ0v) is 4.30. The molecular weight excluding hydrogens is 86.1 g/mol. The molecule has 1 aliphatic carbocycles. The Labute approximate surface area is 43.4 Å². The van der Waals surface area contributed by atoms with E-state index in [9.17, 15) is 0 Å². The average Bonchev–Trinajstić information content (AvgIpc) is 1.85. The summed E-state index contributed by atoms with van der Waals surface area (Å²) in [6, 6.07) is 0. The second-order valence-electron chi connectivity index (χ2n) is 2.52. The van der Waals surface area contributed by atoms with Crippen LogP contribution in [0.4, 0.5) is 0 Å². The molecule has 1 heteroatoms. The Balaban J connectivity index is 2.14. The topological polar surface area (TPSA) is 12.4 Å². The van der Waals surface area contributed by atoms with Crippen LogP contribution in [0.3, 0.4) is 0 Å². The molecule has 1 fully saturated rings. The first-order valence-electron chi connectivity index (χ1n) is 2.97. The van der Waals surface area contributed by atoms with Gasteiger partial charge in [0.2, 0.25) is 0 Å². The van der Waals surface area contributed by atoms with Crippen LogP contribution in [0.15, 0.2) is 4.99 Å². The minimum absolute atomic E-state index is 0.903. The molecule has 1 aliphatic heterocycles. The lowest BCUT2D eigenvalue weighted by Crippen LogP contribution is -2.23. The van der Waals surface area contributed by atoms with Gasteiger partial charge in [0.1, 0.15) is 0 Å². The monoisotopic (exact) mass is 95.1 g/mol. The van der Waals surface area contributed by atoms with Gasteiger partial charge in [0, 0.05) is 12.8 Å². The second kappa shape index (κ2) is 1.09. The van der Waals surface area contributed by atoms with Crippen molar-refractivity contribution in [3.63, 3.8) is 0 Å². The zero-order valence-electron chi connectivity index (χ0n) is 4.30. The minimum Gasteiger partial charge on any atom is -0.297 e. The predicted octanol–water partition coefficient (Wildman–Crippen LogP) is 1.10. The molecule has 0 aromatic heterocycles. The lowest BCUT2D eigenvalue weighted by molar-refractivity contribution is 0.281. The molecule has 2 unspecified atom stereocenters. The Kier molecular flexibility index (Phi) is 0.566. The molecule has 2 aliphatic rings. The molecule has 2 atom stereocenters. The van der Waals surface area contributed by atoms with Crippen molar-refractivity contribution < 1.29 is 0 Å². The highest BCUT2D eigenvalue weighted by atomic mass is 14.8. The first-order valence-corrected chi connectivity index (χ1v) is 2.97. The molecule has 0 saturated heterocycles. The highest BCUT2D eigenvalue weighted by molar-refractivity contribution is 5.64. The Morgan fingerprint density at radius 2 is 2.43 bits per heavy atom. The predicted molar refractivity (Wildman–Crippen MR) is 29.6 cm³/mol. The molecule has 0 N–H and O–H groups in total. The molecule has 1 saturated carbocycles. The molecule has 7 heavy (non-hydrogen) atoms. The summed E-state index contributed by atoms with van der Waals surface area (Å²) in [5, 5.41) is 0. The van der Waals surface area contributed by atoms with Crippen LogP contribution < -0.4 is 0 Å². The Bertz CT molecular complexity index is 107. The standard InChI is InChI=1S/C6H9N/c1-2-6-4-7-3-5(1)6/h3,5-6H,1-2,4H2. The number of rotatable bonds is 0. The highest BCUT2D eigenvalue weighted by Gasteiger charge is 2.31. The summed E-state index contributed by atoms with van der Waals surface area (Å²) < 4.78 is 0. The van der Waals surface area contributed by atoms with Crippen LogP contribution in [0.5, 0.6) is 0 Å². The molecular formula is C6H9N. The van der Waals surface area contributed by atoms with Crippen molar-refractivity contribution >= 4 is 6.21 Å². The molecule has 1 nitrogen and oxygen atoms in total. The Hall–Kier alpha value is -0.330. The lowest BCUT2D eigenvalue weighted by atomic mass is 9.76. The SMILES string of the molecule is C1=NCC2CCC12. The van der Waals surface area contributed by atoms with Crippen LogP contribution >= 0.6 is 0 Å². The van der Waals surface area contributed by atoms with Gasteiger partial charge < -0.3 is 0 Å². The van der Waals surface area contributed by atoms with Crippen molar-refractivity contribution in [2.45, 2.75) is 12.8 Å². The van der Waals surface area contributed by atoms with Crippen LogP contribution in [0, 0.1) is 11.8 Å². The van der Waals surface area contributed by atoms with Gasteiger partial charge in [-0.1, -0.05) is 0 Å². The first kappa shape index (κ1) is 3.65. The van der Waals surface area contributed by atoms with Gasteiger partial charge in [-0.05, 0) is 24.7 Å². The molecule has 0 amide bonds. The van der Waals surface area contributed by atoms with Gasteiger partial charge in [-0.3, -0.25) is 4.99 Å². The van der Waals surface area contributed by atoms with Gasteiger partial charge in [0.15, 0.2) is 0 Å². The van der Waals surface area contributed by atoms with Crippen LogP contribution in [0.25, 0.3) is 0 Å². The Morgan fingerprint density at radius 3 is 2.71 bits per heavy atom. The fourth-order valence-corrected chi connectivity index (χ4v) is 1.35. The summed E-state index contributed by atoms with van der Waals surface area (Å²) >= 11 is 0. The van der Waals surface area contributed by atoms with Crippen molar-refractivity contribution in [3.05, 3.63) is 0 Å². The number of hydrogen-bond donors (Lipinski definition) is 0. The third-order valence-electron chi connectivity index (χ3n) is 2.11. The second-order valence-corrected chi connectivity index (χ2v) is 2.52. The third kappa shape index (κ3) is 0.355. The largest absolute Gasteiger partial charge is 0.297 e. The van der Waals surface area contributed by atoms with Crippen LogP contribution in [0.1, 0.15) is 12.8 Å². The van der Waals surface area contributed by atoms with Crippen molar-refractivity contribution in [3.8, 4) is 0 Å². The number of hydrogen-bond acceptors (Lipinski definition) is 1. The molecule has 0 radical (unpaired) electrons. The first-order chi connectivity index (χ1) is 3.47. The van der Waals surface area contributed by atoms with Crippen molar-refractivity contribution in [1.82, 2.24) is 0 Å². The van der Waals surface area contributed by atoms with Crippen molar-refractivity contribution in [2.24, 2.45) is 16.8 Å². The maximum absolute atomic E-state index is 4.18. The number of nitrogens with zero attached hydrogens (tertiary/aromatic N) is 1. The molecule has 0 bridgehead atoms. The van der Waals surface area contributed by atoms with E-state index in [1.807, 2.05) is 0 Å². The number of fused-ring (bicyclic) bond motifs is 1. The van der Waals surface area contributed by atoms with Crippen molar-refractivity contribution in [2.75, 3.05) is 6.54 Å². The van der Waals surface area contributed by atoms with E-state index in [2.05, 4.69) is 11.2 Å². The lowest BCUT2D eigenvalue weighted by Gasteiger charge is -2.27. The van der Waals surface area contributed by atoms with E-state index in [4.69, 9.17) is 0 Å². The molecule has 0 aromatic rings. The summed E-state index contributed by atoms with van der Waals surface area (Å²) in [6.07, 6.45) is 4.98. The molecule has 0 aromatic carbocycles. The van der Waals surface area contributed by atoms with E-state index in [0.29, 0.717) is 0 Å². The molecule has 0 spiro atoms. The number of aliphatic imine (C=N–C) groups is 1. The maximum Gasteiger partial charge on any atom is 0.0419 e. The van der Waals surface area contributed by atoms with Gasteiger partial charge in [0.05, 0.1) is 0 Å². The van der Waals surface area contributed by atoms with E-state index in [-0.39, 0.29) is 0 Å². The fraction of sp³-hybridized carbons (Fsp3) is 0.833. The normalized spacial score (nSPS) is 45.7. The van der Waals surface area contributed by atoms with Crippen molar-refractivity contribution in [1.29, 1.82) is 0 Å². The highest BCUT2D eigenvalue weighted by Crippen LogP contribution is 2.35. The van der Waals surface area contributed by atoms with E-state index in [1.54, 1.807) is 0 Å². The third-order valence-corrected chi connectivity index (χ3v) is 2.11. The van der Waals surface area contributed by atoms with E-state index in [0.717, 1.165) is 18.4 Å². The quantitative estimate of drug-likeness (QED) is 0.427. The smallest absolute Gasteiger partial charge is 0.0419 e. The Morgan fingerprint density at radius 1 is 1.43 bits per heavy atom. The van der Waals surface area contributed by atoms with Gasteiger partial charge in [0.25, 0.3) is 0 Å². The summed E-state index contributed by atoms with van der Waals surface area (Å²) in [5.41, 5.74) is 0. The summed E-state index contributed by atoms with van der Waals surface area (Å²) in [4.78, 5) is 4.18. The van der Waals surface area contributed by atoms with Gasteiger partial charge >= 0.3 is 0 Å². The minimum atomic E-state index is 0.903. The van der Waals surface area contributed by atoms with E-state index >= 15 is 0 Å². The molecule has 2 rings (SSSR count). The molecule has 1 heterocycles. The van der Waals surface area contributed by atoms with E-state index in [1.165, 1.54) is 12.8 Å². The maximum atomic E-state index is 4.18. The van der Waals surface area contributed by atoms with Gasteiger partial charge in [-0.25, -0.2) is 0 Å². The summed E-state index contributed by atoms with van der Waals surface area (Å²) in [7, 11) is 0. The molecule has 38 valence electrons. The van der Waals surface area contributed by atoms with Crippen LogP contribution in [0.2, 0.25) is 0 Å². The summed E-state index contributed by atoms with van der Waals surface area (Å²) in [6.45, 7) is 1.13.